The summed E-state index contributed by atoms with van der Waals surface area (Å²) in [5.41, 5.74) is 1.72. The Morgan fingerprint density at radius 1 is 1.16 bits per heavy atom. The van der Waals surface area contributed by atoms with Crippen LogP contribution in [0, 0.1) is 13.8 Å². The van der Waals surface area contributed by atoms with Gasteiger partial charge in [-0.05, 0) is 26.3 Å². The third-order valence-corrected chi connectivity index (χ3v) is 5.30. The van der Waals surface area contributed by atoms with Gasteiger partial charge < -0.3 is 19.8 Å². The second-order valence-corrected chi connectivity index (χ2v) is 7.09. The van der Waals surface area contributed by atoms with Crippen molar-refractivity contribution in [1.29, 1.82) is 0 Å². The number of ether oxygens (including phenoxy) is 2. The smallest absolute Gasteiger partial charge is 0.259 e. The van der Waals surface area contributed by atoms with E-state index in [2.05, 4.69) is 15.3 Å². The molecular weight excluding hydrogens is 338 g/mol. The average molecular weight is 359 g/mol. The van der Waals surface area contributed by atoms with E-state index in [0.29, 0.717) is 22.7 Å². The molecule has 0 spiro atoms. The molecule has 2 aromatic heterocycles. The summed E-state index contributed by atoms with van der Waals surface area (Å²) in [7, 11) is 3.22. The summed E-state index contributed by atoms with van der Waals surface area (Å²) in [4.78, 5) is 21.9. The topological polar surface area (TPSA) is 76.2 Å². The molecule has 0 radical (unpaired) electrons. The number of fused-ring (bicyclic) bond motifs is 1. The Bertz CT molecular complexity index is 955. The number of hydrogen-bond donors (Lipinski definition) is 2. The normalized spacial score (nSPS) is 12.2. The molecule has 0 bridgehead atoms. The number of hydrogen-bond acceptors (Lipinski definition) is 6. The Balaban J connectivity index is 1.95. The summed E-state index contributed by atoms with van der Waals surface area (Å²) in [6.07, 6.45) is 0. The first kappa shape index (κ1) is 17.3. The fourth-order valence-electron chi connectivity index (χ4n) is 2.69. The molecule has 0 amide bonds. The maximum atomic E-state index is 12.4. The van der Waals surface area contributed by atoms with Gasteiger partial charge in [-0.1, -0.05) is 0 Å². The first-order valence-corrected chi connectivity index (χ1v) is 8.74. The summed E-state index contributed by atoms with van der Waals surface area (Å²) in [6, 6.07) is 5.36. The number of nitrogens with one attached hydrogen (secondary N) is 2. The molecule has 3 aromatic rings. The molecule has 1 aromatic carbocycles. The zero-order valence-electron chi connectivity index (χ0n) is 14.9. The van der Waals surface area contributed by atoms with Gasteiger partial charge in [-0.3, -0.25) is 4.79 Å². The lowest BCUT2D eigenvalue weighted by Crippen LogP contribution is -2.17. The molecule has 0 aliphatic rings. The number of aromatic nitrogens is 2. The summed E-state index contributed by atoms with van der Waals surface area (Å²) >= 11 is 1.54. The van der Waals surface area contributed by atoms with Crippen LogP contribution in [0.1, 0.15) is 29.2 Å². The minimum atomic E-state index is -0.184. The highest BCUT2D eigenvalue weighted by Gasteiger charge is 2.15. The number of aromatic amines is 1. The fraction of sp³-hybridized carbons (Fsp3) is 0.333. The van der Waals surface area contributed by atoms with Crippen LogP contribution in [0.2, 0.25) is 0 Å². The molecule has 0 unspecified atom stereocenters. The van der Waals surface area contributed by atoms with Crippen LogP contribution >= 0.6 is 11.3 Å². The number of rotatable bonds is 5. The first-order chi connectivity index (χ1) is 11.9. The van der Waals surface area contributed by atoms with Crippen molar-refractivity contribution in [3.8, 4) is 11.5 Å². The van der Waals surface area contributed by atoms with E-state index in [1.165, 1.54) is 0 Å². The van der Waals surface area contributed by atoms with E-state index in [-0.39, 0.29) is 11.6 Å². The van der Waals surface area contributed by atoms with Gasteiger partial charge in [0.05, 0.1) is 25.6 Å². The lowest BCUT2D eigenvalue weighted by molar-refractivity contribution is 0.394. The molecule has 6 nitrogen and oxygen atoms in total. The summed E-state index contributed by atoms with van der Waals surface area (Å²) in [5, 5.41) is 4.01. The van der Waals surface area contributed by atoms with Gasteiger partial charge in [0.25, 0.3) is 5.56 Å². The number of benzene rings is 1. The second kappa shape index (κ2) is 6.76. The van der Waals surface area contributed by atoms with Crippen molar-refractivity contribution in [3.63, 3.8) is 0 Å². The van der Waals surface area contributed by atoms with Gasteiger partial charge in [0.2, 0.25) is 0 Å². The highest BCUT2D eigenvalue weighted by molar-refractivity contribution is 7.18. The molecule has 0 saturated carbocycles. The molecule has 132 valence electrons. The monoisotopic (exact) mass is 359 g/mol. The Morgan fingerprint density at radius 3 is 2.40 bits per heavy atom. The van der Waals surface area contributed by atoms with Gasteiger partial charge in [0.1, 0.15) is 22.2 Å². The largest absolute Gasteiger partial charge is 0.497 e. The van der Waals surface area contributed by atoms with Gasteiger partial charge in [0.15, 0.2) is 0 Å². The van der Waals surface area contributed by atoms with Gasteiger partial charge in [-0.25, -0.2) is 4.98 Å². The zero-order chi connectivity index (χ0) is 18.1. The number of aryl methyl sites for hydroxylation is 2. The van der Waals surface area contributed by atoms with Crippen LogP contribution in [-0.2, 0) is 0 Å². The maximum absolute atomic E-state index is 12.4. The van der Waals surface area contributed by atoms with E-state index in [1.54, 1.807) is 31.6 Å². The molecule has 0 aliphatic carbocycles. The van der Waals surface area contributed by atoms with Crippen molar-refractivity contribution >= 4 is 27.2 Å². The molecule has 2 heterocycles. The van der Waals surface area contributed by atoms with Crippen molar-refractivity contribution in [2.45, 2.75) is 26.8 Å². The van der Waals surface area contributed by atoms with E-state index in [1.807, 2.05) is 32.9 Å². The molecule has 25 heavy (non-hydrogen) atoms. The van der Waals surface area contributed by atoms with E-state index in [0.717, 1.165) is 21.0 Å². The Hall–Kier alpha value is -2.54. The molecule has 2 N–H and O–H groups in total. The van der Waals surface area contributed by atoms with Crippen molar-refractivity contribution in [2.24, 2.45) is 0 Å². The predicted octanol–water partition coefficient (Wildman–Crippen LogP) is 3.79. The summed E-state index contributed by atoms with van der Waals surface area (Å²) in [5.74, 6) is 1.98. The third kappa shape index (κ3) is 3.32. The number of methoxy groups -OCH3 is 2. The van der Waals surface area contributed by atoms with Crippen molar-refractivity contribution < 1.29 is 9.47 Å². The van der Waals surface area contributed by atoms with Crippen molar-refractivity contribution in [1.82, 2.24) is 9.97 Å². The van der Waals surface area contributed by atoms with Crippen LogP contribution in [0.4, 0.5) is 5.69 Å². The number of thiophene rings is 1. The summed E-state index contributed by atoms with van der Waals surface area (Å²) in [6.45, 7) is 5.91. The van der Waals surface area contributed by atoms with E-state index in [4.69, 9.17) is 9.47 Å². The molecule has 0 fully saturated rings. The van der Waals surface area contributed by atoms with Crippen LogP contribution in [0.3, 0.4) is 0 Å². The predicted molar refractivity (Wildman–Crippen MR) is 101 cm³/mol. The molecular formula is C18H21N3O3S. The van der Waals surface area contributed by atoms with Crippen molar-refractivity contribution in [3.05, 3.63) is 44.8 Å². The number of H-pyrrole nitrogens is 1. The van der Waals surface area contributed by atoms with Crippen LogP contribution in [0.15, 0.2) is 23.0 Å². The Kier molecular flexibility index (Phi) is 4.67. The number of anilines is 1. The van der Waals surface area contributed by atoms with Gasteiger partial charge in [-0.15, -0.1) is 11.3 Å². The zero-order valence-corrected chi connectivity index (χ0v) is 15.7. The fourth-order valence-corrected chi connectivity index (χ4v) is 3.72. The minimum absolute atomic E-state index is 0.0984. The highest BCUT2D eigenvalue weighted by atomic mass is 32.1. The minimum Gasteiger partial charge on any atom is -0.497 e. The molecule has 0 saturated heterocycles. The van der Waals surface area contributed by atoms with E-state index in [9.17, 15) is 4.79 Å². The maximum Gasteiger partial charge on any atom is 0.259 e. The van der Waals surface area contributed by atoms with Gasteiger partial charge >= 0.3 is 0 Å². The molecule has 7 heteroatoms. The van der Waals surface area contributed by atoms with E-state index < -0.39 is 0 Å². The average Bonchev–Trinajstić information content (AvgIpc) is 2.89. The van der Waals surface area contributed by atoms with Crippen LogP contribution in [0.25, 0.3) is 10.2 Å². The summed E-state index contributed by atoms with van der Waals surface area (Å²) < 4.78 is 10.6. The first-order valence-electron chi connectivity index (χ1n) is 7.92. The van der Waals surface area contributed by atoms with Crippen LogP contribution < -0.4 is 20.3 Å². The number of nitrogens with zero attached hydrogens (tertiary/aromatic N) is 1. The highest BCUT2D eigenvalue weighted by Crippen LogP contribution is 2.29. The molecule has 3 rings (SSSR count). The molecule has 0 aliphatic heterocycles. The third-order valence-electron chi connectivity index (χ3n) is 4.20. The second-order valence-electron chi connectivity index (χ2n) is 5.88. The Labute approximate surface area is 149 Å². The SMILES string of the molecule is COc1cc(N[C@@H](C)c2nc3sc(C)c(C)c3c(=O)[nH]2)cc(OC)c1. The van der Waals surface area contributed by atoms with Crippen LogP contribution in [-0.4, -0.2) is 24.2 Å². The lowest BCUT2D eigenvalue weighted by Gasteiger charge is -2.16. The van der Waals surface area contributed by atoms with Gasteiger partial charge in [0, 0.05) is 28.8 Å². The van der Waals surface area contributed by atoms with Crippen LogP contribution in [0.5, 0.6) is 11.5 Å². The quantitative estimate of drug-likeness (QED) is 0.725. The standard InChI is InChI=1S/C18H21N3O3S/c1-9-11(3)25-18-15(9)17(22)20-16(21-18)10(2)19-12-6-13(23-4)8-14(7-12)24-5/h6-8,10,19H,1-5H3,(H,20,21,22)/t10-/m0/s1. The molecule has 1 atom stereocenters. The van der Waals surface area contributed by atoms with E-state index >= 15 is 0 Å². The van der Waals surface area contributed by atoms with Gasteiger partial charge in [-0.2, -0.15) is 0 Å². The van der Waals surface area contributed by atoms with Crippen molar-refractivity contribution in [2.75, 3.05) is 19.5 Å². The lowest BCUT2D eigenvalue weighted by atomic mass is 10.2. The Morgan fingerprint density at radius 2 is 1.80 bits per heavy atom.